The summed E-state index contributed by atoms with van der Waals surface area (Å²) in [6.45, 7) is 5.84. The van der Waals surface area contributed by atoms with Gasteiger partial charge in [-0.1, -0.05) is 42.0 Å². The molecular formula is C23H25N3O3. The molecule has 1 aromatic heterocycles. The number of imidazole rings is 1. The van der Waals surface area contributed by atoms with Crippen molar-refractivity contribution in [2.24, 2.45) is 0 Å². The van der Waals surface area contributed by atoms with Gasteiger partial charge in [0.1, 0.15) is 6.04 Å². The predicted molar refractivity (Wildman–Crippen MR) is 111 cm³/mol. The lowest BCUT2D eigenvalue weighted by Gasteiger charge is -2.19. The van der Waals surface area contributed by atoms with Crippen LogP contribution in [0.5, 0.6) is 0 Å². The number of amides is 1. The molecule has 6 nitrogen and oxygen atoms in total. The predicted octanol–water partition coefficient (Wildman–Crippen LogP) is 3.61. The van der Waals surface area contributed by atoms with Gasteiger partial charge in [-0.3, -0.25) is 4.79 Å². The Bertz CT molecular complexity index is 946. The zero-order valence-corrected chi connectivity index (χ0v) is 16.8. The number of hydrogen-bond acceptors (Lipinski definition) is 4. The van der Waals surface area contributed by atoms with Crippen molar-refractivity contribution >= 4 is 11.9 Å². The highest BCUT2D eigenvalue weighted by atomic mass is 16.5. The lowest BCUT2D eigenvalue weighted by atomic mass is 10.0. The van der Waals surface area contributed by atoms with E-state index in [2.05, 4.69) is 22.4 Å². The molecule has 0 unspecified atom stereocenters. The van der Waals surface area contributed by atoms with E-state index in [9.17, 15) is 9.59 Å². The average molecular weight is 391 g/mol. The third kappa shape index (κ3) is 5.54. The van der Waals surface area contributed by atoms with Crippen LogP contribution in [0.25, 0.3) is 11.1 Å². The molecule has 6 heteroatoms. The fourth-order valence-corrected chi connectivity index (χ4v) is 2.90. The molecule has 0 saturated carbocycles. The normalized spacial score (nSPS) is 11.9. The molecule has 0 fully saturated rings. The number of nitrogens with one attached hydrogen (secondary N) is 1. The third-order valence-corrected chi connectivity index (χ3v) is 4.43. The van der Waals surface area contributed by atoms with Crippen LogP contribution >= 0.6 is 0 Å². The molecular weight excluding hydrogens is 366 g/mol. The number of carbonyl (C=O) groups is 2. The highest BCUT2D eigenvalue weighted by Crippen LogP contribution is 2.20. The van der Waals surface area contributed by atoms with Crippen LogP contribution in [0, 0.1) is 6.92 Å². The topological polar surface area (TPSA) is 73.2 Å². The summed E-state index contributed by atoms with van der Waals surface area (Å²) in [4.78, 5) is 29.1. The lowest BCUT2D eigenvalue weighted by molar-refractivity contribution is -0.150. The Morgan fingerprint density at radius 2 is 1.66 bits per heavy atom. The van der Waals surface area contributed by atoms with Gasteiger partial charge in [-0.2, -0.15) is 0 Å². The van der Waals surface area contributed by atoms with E-state index in [-0.39, 0.29) is 18.6 Å². The fraction of sp³-hybridized carbons (Fsp3) is 0.261. The van der Waals surface area contributed by atoms with Gasteiger partial charge >= 0.3 is 5.97 Å². The Balaban J connectivity index is 1.72. The highest BCUT2D eigenvalue weighted by Gasteiger charge is 2.24. The molecule has 150 valence electrons. The molecule has 1 heterocycles. The first-order valence-corrected chi connectivity index (χ1v) is 9.56. The van der Waals surface area contributed by atoms with Crippen molar-refractivity contribution in [1.29, 1.82) is 0 Å². The van der Waals surface area contributed by atoms with Gasteiger partial charge in [0.15, 0.2) is 0 Å². The first-order valence-electron chi connectivity index (χ1n) is 9.56. The number of ether oxygens (including phenoxy) is 1. The second-order valence-electron chi connectivity index (χ2n) is 7.21. The van der Waals surface area contributed by atoms with Crippen molar-refractivity contribution in [2.45, 2.75) is 39.5 Å². The maximum atomic E-state index is 12.7. The molecule has 2 aromatic carbocycles. The Labute approximate surface area is 170 Å². The van der Waals surface area contributed by atoms with E-state index in [0.29, 0.717) is 5.56 Å². The first-order chi connectivity index (χ1) is 13.9. The number of aryl methyl sites for hydroxylation is 1. The number of nitrogens with zero attached hydrogens (tertiary/aromatic N) is 2. The Kier molecular flexibility index (Phi) is 6.44. The van der Waals surface area contributed by atoms with Crippen molar-refractivity contribution in [3.05, 3.63) is 78.4 Å². The zero-order chi connectivity index (χ0) is 20.8. The Hall–Kier alpha value is -3.41. The maximum Gasteiger partial charge on any atom is 0.330 e. The quantitative estimate of drug-likeness (QED) is 0.625. The summed E-state index contributed by atoms with van der Waals surface area (Å²) in [5.41, 5.74) is 3.78. The fourth-order valence-electron chi connectivity index (χ4n) is 2.90. The highest BCUT2D eigenvalue weighted by molar-refractivity contribution is 5.97. The van der Waals surface area contributed by atoms with Gasteiger partial charge in [-0.15, -0.1) is 0 Å². The van der Waals surface area contributed by atoms with Gasteiger partial charge in [-0.05, 0) is 44.0 Å². The van der Waals surface area contributed by atoms with Gasteiger partial charge in [0.05, 0.1) is 19.0 Å². The number of esters is 1. The van der Waals surface area contributed by atoms with Crippen LogP contribution in [0.4, 0.5) is 0 Å². The Morgan fingerprint density at radius 3 is 2.21 bits per heavy atom. The third-order valence-electron chi connectivity index (χ3n) is 4.43. The van der Waals surface area contributed by atoms with Gasteiger partial charge < -0.3 is 14.6 Å². The number of aromatic nitrogens is 2. The van der Waals surface area contributed by atoms with E-state index < -0.39 is 12.0 Å². The van der Waals surface area contributed by atoms with E-state index in [1.165, 1.54) is 5.56 Å². The molecule has 0 spiro atoms. The van der Waals surface area contributed by atoms with Crippen molar-refractivity contribution in [1.82, 2.24) is 14.9 Å². The van der Waals surface area contributed by atoms with Crippen molar-refractivity contribution in [3.8, 4) is 11.1 Å². The van der Waals surface area contributed by atoms with E-state index >= 15 is 0 Å². The number of hydrogen-bond donors (Lipinski definition) is 1. The van der Waals surface area contributed by atoms with E-state index in [1.807, 2.05) is 31.2 Å². The van der Waals surface area contributed by atoms with Crippen LogP contribution in [-0.2, 0) is 16.1 Å². The second kappa shape index (κ2) is 9.19. The standard InChI is InChI=1S/C23H25N3O3/c1-16(2)29-23(28)21(14-26-13-12-24-15-26)25-22(27)20-10-8-19(9-11-20)18-6-4-17(3)5-7-18/h4-13,15-16,21H,14H2,1-3H3,(H,25,27)/t21-/m0/s1. The lowest BCUT2D eigenvalue weighted by Crippen LogP contribution is -2.45. The Morgan fingerprint density at radius 1 is 1.03 bits per heavy atom. The van der Waals surface area contributed by atoms with Crippen molar-refractivity contribution in [2.75, 3.05) is 0 Å². The molecule has 0 aliphatic rings. The van der Waals surface area contributed by atoms with E-state index in [4.69, 9.17) is 4.74 Å². The zero-order valence-electron chi connectivity index (χ0n) is 16.8. The minimum Gasteiger partial charge on any atom is -0.461 e. The van der Waals surface area contributed by atoms with Crippen molar-refractivity contribution < 1.29 is 14.3 Å². The minimum atomic E-state index is -0.809. The summed E-state index contributed by atoms with van der Waals surface area (Å²) in [6.07, 6.45) is 4.69. The number of rotatable bonds is 7. The summed E-state index contributed by atoms with van der Waals surface area (Å²) < 4.78 is 7.03. The first kappa shape index (κ1) is 20.3. The summed E-state index contributed by atoms with van der Waals surface area (Å²) >= 11 is 0. The molecule has 0 saturated heterocycles. The molecule has 3 rings (SSSR count). The number of carbonyl (C=O) groups excluding carboxylic acids is 2. The SMILES string of the molecule is Cc1ccc(-c2ccc(C(=O)N[C@@H](Cn3ccnc3)C(=O)OC(C)C)cc2)cc1. The van der Waals surface area contributed by atoms with Gasteiger partial charge in [0.2, 0.25) is 0 Å². The molecule has 1 atom stereocenters. The molecule has 0 aliphatic heterocycles. The van der Waals surface area contributed by atoms with Crippen LogP contribution < -0.4 is 5.32 Å². The molecule has 1 amide bonds. The monoisotopic (exact) mass is 391 g/mol. The molecule has 0 radical (unpaired) electrons. The second-order valence-corrected chi connectivity index (χ2v) is 7.21. The molecule has 0 bridgehead atoms. The number of benzene rings is 2. The van der Waals surface area contributed by atoms with Crippen LogP contribution in [0.15, 0.2) is 67.3 Å². The summed E-state index contributed by atoms with van der Waals surface area (Å²) in [6, 6.07) is 14.7. The molecule has 29 heavy (non-hydrogen) atoms. The largest absolute Gasteiger partial charge is 0.461 e. The summed E-state index contributed by atoms with van der Waals surface area (Å²) in [5.74, 6) is -0.801. The van der Waals surface area contributed by atoms with Crippen molar-refractivity contribution in [3.63, 3.8) is 0 Å². The van der Waals surface area contributed by atoms with Crippen LogP contribution in [0.3, 0.4) is 0 Å². The summed E-state index contributed by atoms with van der Waals surface area (Å²) in [5, 5.41) is 2.78. The molecule has 3 aromatic rings. The van der Waals surface area contributed by atoms with E-state index in [1.54, 1.807) is 49.3 Å². The molecule has 1 N–H and O–H groups in total. The van der Waals surface area contributed by atoms with Crippen LogP contribution in [-0.4, -0.2) is 33.6 Å². The van der Waals surface area contributed by atoms with Crippen LogP contribution in [0.1, 0.15) is 29.8 Å². The average Bonchev–Trinajstić information content (AvgIpc) is 3.21. The van der Waals surface area contributed by atoms with Gasteiger partial charge in [0.25, 0.3) is 5.91 Å². The molecule has 0 aliphatic carbocycles. The van der Waals surface area contributed by atoms with Crippen LogP contribution in [0.2, 0.25) is 0 Å². The van der Waals surface area contributed by atoms with E-state index in [0.717, 1.165) is 11.1 Å². The van der Waals surface area contributed by atoms with Gasteiger partial charge in [0, 0.05) is 18.0 Å². The summed E-state index contributed by atoms with van der Waals surface area (Å²) in [7, 11) is 0. The smallest absolute Gasteiger partial charge is 0.330 e. The maximum absolute atomic E-state index is 12.7. The van der Waals surface area contributed by atoms with Gasteiger partial charge in [-0.25, -0.2) is 9.78 Å². The minimum absolute atomic E-state index is 0.249.